The van der Waals surface area contributed by atoms with Crippen LogP contribution < -0.4 is 8.91 Å². The van der Waals surface area contributed by atoms with Gasteiger partial charge in [0.1, 0.15) is 17.9 Å². The van der Waals surface area contributed by atoms with Gasteiger partial charge in [0.25, 0.3) is 11.3 Å². The largest absolute Gasteiger partial charge is 0.465 e. The van der Waals surface area contributed by atoms with E-state index in [0.717, 1.165) is 39.1 Å². The molecule has 0 saturated carbocycles. The van der Waals surface area contributed by atoms with Crippen molar-refractivity contribution in [1.29, 1.82) is 0 Å². The van der Waals surface area contributed by atoms with Crippen LogP contribution in [-0.4, -0.2) is 45.0 Å². The number of hydrogen-bond acceptors (Lipinski definition) is 7. The molecule has 4 aromatic rings. The molecule has 0 radical (unpaired) electrons. The van der Waals surface area contributed by atoms with Crippen molar-refractivity contribution in [2.45, 2.75) is 73.0 Å². The molecule has 46 heavy (non-hydrogen) atoms. The molecule has 0 aliphatic rings. The molecule has 244 valence electrons. The number of ether oxygens (including phenoxy) is 2. The number of methoxy groups -OCH3 is 1. The summed E-state index contributed by atoms with van der Waals surface area (Å²) in [5.74, 6) is -0.370. The number of benzene rings is 3. The predicted molar refractivity (Wildman–Crippen MR) is 179 cm³/mol. The Kier molecular flexibility index (Phi) is 11.9. The van der Waals surface area contributed by atoms with E-state index in [-0.39, 0.29) is 5.92 Å². The summed E-state index contributed by atoms with van der Waals surface area (Å²) in [5.41, 5.74) is 7.32. The summed E-state index contributed by atoms with van der Waals surface area (Å²) in [7, 11) is 1.36. The van der Waals surface area contributed by atoms with Crippen LogP contribution in [0.4, 0.5) is 0 Å². The van der Waals surface area contributed by atoms with Gasteiger partial charge in [0.15, 0.2) is 0 Å². The van der Waals surface area contributed by atoms with Crippen LogP contribution in [0.5, 0.6) is 5.75 Å². The topological polar surface area (TPSA) is 109 Å². The molecule has 0 saturated heterocycles. The maximum atomic E-state index is 13.8. The maximum absolute atomic E-state index is 13.8. The molecule has 0 amide bonds. The second-order valence-corrected chi connectivity index (χ2v) is 12.9. The molecular weight excluding hydrogens is 602 g/mol. The lowest BCUT2D eigenvalue weighted by Gasteiger charge is -2.25. The first kappa shape index (κ1) is 34.6. The van der Waals surface area contributed by atoms with Crippen LogP contribution in [0.1, 0.15) is 64.0 Å². The fourth-order valence-corrected chi connectivity index (χ4v) is 6.12. The Labute approximate surface area is 274 Å². The zero-order valence-electron chi connectivity index (χ0n) is 27.5. The third-order valence-corrected chi connectivity index (χ3v) is 8.66. The van der Waals surface area contributed by atoms with E-state index in [1.54, 1.807) is 36.8 Å². The van der Waals surface area contributed by atoms with E-state index in [2.05, 4.69) is 15.8 Å². The lowest BCUT2D eigenvalue weighted by molar-refractivity contribution is -0.151. The van der Waals surface area contributed by atoms with Crippen molar-refractivity contribution in [2.75, 3.05) is 7.11 Å². The summed E-state index contributed by atoms with van der Waals surface area (Å²) in [5, 5.41) is 0. The van der Waals surface area contributed by atoms with Crippen molar-refractivity contribution in [3.05, 3.63) is 112 Å². The standard InChI is InChI=1S/C36H43N3O6S/c1-23(2)16-34(38-46(42)45-31-12-8-24(3)9-13-31)36(41)44-32(21-33-26(5)17-29(18-27(33)6)35(40)43-7)20-28-19-30(11-10-25(28)4)39-15-14-37-22-39/h8-15,17-19,22-23,32,34,38H,16,20-21H2,1-7H3. The number of esters is 2. The van der Waals surface area contributed by atoms with Crippen LogP contribution >= 0.6 is 0 Å². The number of nitrogens with zero attached hydrogens (tertiary/aromatic N) is 2. The third-order valence-electron chi connectivity index (χ3n) is 7.84. The van der Waals surface area contributed by atoms with Gasteiger partial charge < -0.3 is 18.2 Å². The van der Waals surface area contributed by atoms with Gasteiger partial charge in [0, 0.05) is 30.9 Å². The van der Waals surface area contributed by atoms with Crippen LogP contribution in [0.2, 0.25) is 0 Å². The normalized spacial score (nSPS) is 13.2. The maximum Gasteiger partial charge on any atom is 0.337 e. The zero-order chi connectivity index (χ0) is 33.4. The molecular formula is C36H43N3O6S. The second-order valence-electron chi connectivity index (χ2n) is 12.1. The van der Waals surface area contributed by atoms with Crippen LogP contribution in [0.25, 0.3) is 5.69 Å². The summed E-state index contributed by atoms with van der Waals surface area (Å²) in [6, 6.07) is 16.1. The molecule has 0 bridgehead atoms. The van der Waals surface area contributed by atoms with Gasteiger partial charge in [-0.05, 0) is 104 Å². The molecule has 9 nitrogen and oxygen atoms in total. The summed E-state index contributed by atoms with van der Waals surface area (Å²) in [6.45, 7) is 11.8. The number of aryl methyl sites for hydroxylation is 4. The average molecular weight is 646 g/mol. The van der Waals surface area contributed by atoms with Crippen molar-refractivity contribution in [3.63, 3.8) is 0 Å². The zero-order valence-corrected chi connectivity index (χ0v) is 28.4. The van der Waals surface area contributed by atoms with Gasteiger partial charge >= 0.3 is 11.9 Å². The lowest BCUT2D eigenvalue weighted by atomic mass is 9.91. The van der Waals surface area contributed by atoms with E-state index in [1.165, 1.54) is 7.11 Å². The van der Waals surface area contributed by atoms with Crippen LogP contribution in [0.3, 0.4) is 0 Å². The van der Waals surface area contributed by atoms with E-state index in [9.17, 15) is 13.8 Å². The summed E-state index contributed by atoms with van der Waals surface area (Å²) in [4.78, 5) is 30.3. The Morgan fingerprint density at radius 1 is 0.935 bits per heavy atom. The highest BCUT2D eigenvalue weighted by Crippen LogP contribution is 2.25. The average Bonchev–Trinajstić information content (AvgIpc) is 3.55. The SMILES string of the molecule is COC(=O)c1cc(C)c(CC(Cc2cc(-n3ccnc3)ccc2C)OC(=O)C(CC(C)C)NS(=O)Oc2ccc(C)cc2)c(C)c1. The molecule has 0 spiro atoms. The Bertz CT molecular complexity index is 1640. The number of carbonyl (C=O) groups is 2. The second kappa shape index (κ2) is 15.8. The molecule has 3 atom stereocenters. The van der Waals surface area contributed by atoms with Crippen molar-refractivity contribution >= 4 is 23.2 Å². The highest BCUT2D eigenvalue weighted by atomic mass is 32.2. The number of rotatable bonds is 14. The summed E-state index contributed by atoms with van der Waals surface area (Å²) in [6.07, 6.45) is 6.03. The van der Waals surface area contributed by atoms with Crippen LogP contribution in [-0.2, 0) is 38.4 Å². The number of nitrogens with one attached hydrogen (secondary N) is 1. The smallest absolute Gasteiger partial charge is 0.337 e. The highest BCUT2D eigenvalue weighted by Gasteiger charge is 2.28. The van der Waals surface area contributed by atoms with E-state index in [1.807, 2.05) is 76.6 Å². The number of hydrogen-bond donors (Lipinski definition) is 1. The molecule has 10 heteroatoms. The Morgan fingerprint density at radius 3 is 2.24 bits per heavy atom. The molecule has 1 aromatic heterocycles. The van der Waals surface area contributed by atoms with E-state index < -0.39 is 35.4 Å². The minimum Gasteiger partial charge on any atom is -0.465 e. The van der Waals surface area contributed by atoms with Gasteiger partial charge in [-0.1, -0.05) is 37.6 Å². The minimum absolute atomic E-state index is 0.115. The van der Waals surface area contributed by atoms with E-state index >= 15 is 0 Å². The lowest BCUT2D eigenvalue weighted by Crippen LogP contribution is -2.43. The minimum atomic E-state index is -1.98. The van der Waals surface area contributed by atoms with Gasteiger partial charge in [-0.3, -0.25) is 4.79 Å². The van der Waals surface area contributed by atoms with Gasteiger partial charge in [-0.25, -0.2) is 9.78 Å². The number of imidazole rings is 1. The highest BCUT2D eigenvalue weighted by molar-refractivity contribution is 7.78. The van der Waals surface area contributed by atoms with Crippen molar-refractivity contribution < 1.29 is 27.5 Å². The molecule has 3 unspecified atom stereocenters. The monoisotopic (exact) mass is 645 g/mol. The van der Waals surface area contributed by atoms with Gasteiger partial charge in [0.05, 0.1) is 19.0 Å². The Hall–Kier alpha value is -4.28. The molecule has 1 heterocycles. The van der Waals surface area contributed by atoms with Crippen molar-refractivity contribution in [2.24, 2.45) is 5.92 Å². The summed E-state index contributed by atoms with van der Waals surface area (Å²) >= 11 is -1.98. The fourth-order valence-electron chi connectivity index (χ4n) is 5.36. The fraction of sp³-hybridized carbons (Fsp3) is 0.361. The van der Waals surface area contributed by atoms with E-state index in [4.69, 9.17) is 13.7 Å². The molecule has 4 rings (SSSR count). The number of carbonyl (C=O) groups excluding carboxylic acids is 2. The van der Waals surface area contributed by atoms with Gasteiger partial charge in [0.2, 0.25) is 0 Å². The third kappa shape index (κ3) is 9.37. The first-order valence-electron chi connectivity index (χ1n) is 15.3. The predicted octanol–water partition coefficient (Wildman–Crippen LogP) is 6.25. The molecule has 3 aromatic carbocycles. The quantitative estimate of drug-likeness (QED) is 0.162. The summed E-state index contributed by atoms with van der Waals surface area (Å²) < 4.78 is 34.5. The van der Waals surface area contributed by atoms with Gasteiger partial charge in [-0.2, -0.15) is 8.93 Å². The van der Waals surface area contributed by atoms with Crippen LogP contribution in [0, 0.1) is 33.6 Å². The van der Waals surface area contributed by atoms with Crippen LogP contribution in [0.15, 0.2) is 73.3 Å². The molecule has 1 N–H and O–H groups in total. The first-order chi connectivity index (χ1) is 21.9. The molecule has 0 aliphatic heterocycles. The van der Waals surface area contributed by atoms with Crippen molar-refractivity contribution in [1.82, 2.24) is 14.3 Å². The molecule has 0 fully saturated rings. The Balaban J connectivity index is 1.62. The van der Waals surface area contributed by atoms with Gasteiger partial charge in [-0.15, -0.1) is 0 Å². The van der Waals surface area contributed by atoms with Crippen molar-refractivity contribution in [3.8, 4) is 11.4 Å². The molecule has 0 aliphatic carbocycles. The Morgan fingerprint density at radius 2 is 1.63 bits per heavy atom. The number of aromatic nitrogens is 2. The van der Waals surface area contributed by atoms with E-state index in [0.29, 0.717) is 30.6 Å². The first-order valence-corrected chi connectivity index (χ1v) is 16.4.